The van der Waals surface area contributed by atoms with Crippen molar-refractivity contribution in [1.29, 1.82) is 0 Å². The molecule has 0 spiro atoms. The smallest absolute Gasteiger partial charge is 0.204 e. The van der Waals surface area contributed by atoms with Crippen molar-refractivity contribution in [3.05, 3.63) is 39.0 Å². The van der Waals surface area contributed by atoms with Crippen LogP contribution in [0.5, 0.6) is 0 Å². The lowest BCUT2D eigenvalue weighted by molar-refractivity contribution is 0.684. The van der Waals surface area contributed by atoms with Crippen molar-refractivity contribution in [3.8, 4) is 0 Å². The maximum absolute atomic E-state index is 11.9. The van der Waals surface area contributed by atoms with Crippen LogP contribution in [0.3, 0.4) is 0 Å². The number of nitrogens with one attached hydrogen (secondary N) is 1. The first-order chi connectivity index (χ1) is 7.11. The molecular formula is C10H8BrNO2S. The Balaban J connectivity index is 2.95. The van der Waals surface area contributed by atoms with E-state index in [4.69, 9.17) is 0 Å². The first-order valence-electron chi connectivity index (χ1n) is 4.25. The Bertz CT molecular complexity index is 606. The third-order valence-corrected chi connectivity index (χ3v) is 4.01. The fourth-order valence-electron chi connectivity index (χ4n) is 1.39. The molecule has 1 aromatic carbocycles. The molecule has 3 nitrogen and oxygen atoms in total. The van der Waals surface area contributed by atoms with Gasteiger partial charge in [0, 0.05) is 11.6 Å². The summed E-state index contributed by atoms with van der Waals surface area (Å²) in [5.41, 5.74) is 0.574. The van der Waals surface area contributed by atoms with Gasteiger partial charge in [0.1, 0.15) is 5.03 Å². The molecule has 0 aliphatic carbocycles. The minimum absolute atomic E-state index is 0.130. The molecule has 0 aliphatic heterocycles. The molecule has 0 saturated carbocycles. The molecule has 1 aromatic heterocycles. The predicted molar refractivity (Wildman–Crippen MR) is 64.6 cm³/mol. The topological polar surface area (TPSA) is 49.9 Å². The average molecular weight is 286 g/mol. The van der Waals surface area contributed by atoms with Gasteiger partial charge in [0.2, 0.25) is 5.43 Å². The average Bonchev–Trinajstić information content (AvgIpc) is 2.23. The zero-order valence-electron chi connectivity index (χ0n) is 7.91. The molecule has 0 aliphatic rings. The first kappa shape index (κ1) is 10.6. The molecule has 78 valence electrons. The Morgan fingerprint density at radius 2 is 2.00 bits per heavy atom. The van der Waals surface area contributed by atoms with Crippen molar-refractivity contribution in [3.63, 3.8) is 0 Å². The second-order valence-electron chi connectivity index (χ2n) is 3.10. The van der Waals surface area contributed by atoms with Gasteiger partial charge in [-0.3, -0.25) is 9.00 Å². The zero-order chi connectivity index (χ0) is 11.0. The molecule has 0 fully saturated rings. The van der Waals surface area contributed by atoms with Crippen LogP contribution in [0, 0.1) is 0 Å². The summed E-state index contributed by atoms with van der Waals surface area (Å²) in [4.78, 5) is 14.8. The van der Waals surface area contributed by atoms with E-state index < -0.39 is 10.8 Å². The fourth-order valence-corrected chi connectivity index (χ4v) is 2.98. The lowest BCUT2D eigenvalue weighted by atomic mass is 10.2. The van der Waals surface area contributed by atoms with Gasteiger partial charge in [0.05, 0.1) is 20.8 Å². The Labute approximate surface area is 97.1 Å². The highest BCUT2D eigenvalue weighted by Gasteiger charge is 2.11. The Hall–Kier alpha value is -0.940. The fraction of sp³-hybridized carbons (Fsp3) is 0.100. The molecule has 0 bridgehead atoms. The molecule has 1 heterocycles. The van der Waals surface area contributed by atoms with Gasteiger partial charge < -0.3 is 4.98 Å². The molecule has 5 heteroatoms. The summed E-state index contributed by atoms with van der Waals surface area (Å²) in [6, 6.07) is 7.15. The summed E-state index contributed by atoms with van der Waals surface area (Å²) in [7, 11) is -1.21. The van der Waals surface area contributed by atoms with E-state index in [1.165, 1.54) is 6.26 Å². The van der Waals surface area contributed by atoms with Crippen molar-refractivity contribution in [2.45, 2.75) is 5.03 Å². The minimum atomic E-state index is -1.21. The van der Waals surface area contributed by atoms with Crippen LogP contribution in [0.25, 0.3) is 10.9 Å². The summed E-state index contributed by atoms with van der Waals surface area (Å²) in [6.07, 6.45) is 1.53. The molecule has 15 heavy (non-hydrogen) atoms. The number of hydrogen-bond acceptors (Lipinski definition) is 2. The lowest BCUT2D eigenvalue weighted by Gasteiger charge is -2.03. The SMILES string of the molecule is CS(=O)c1[nH]c2ccccc2c(=O)c1Br. The summed E-state index contributed by atoms with van der Waals surface area (Å²) in [6.45, 7) is 0. The Morgan fingerprint density at radius 3 is 2.67 bits per heavy atom. The number of halogens is 1. The molecule has 2 rings (SSSR count). The molecule has 2 aromatic rings. The van der Waals surface area contributed by atoms with Gasteiger partial charge in [0.25, 0.3) is 0 Å². The van der Waals surface area contributed by atoms with Crippen LogP contribution in [0.2, 0.25) is 0 Å². The van der Waals surface area contributed by atoms with Crippen molar-refractivity contribution < 1.29 is 4.21 Å². The maximum atomic E-state index is 11.9. The van der Waals surface area contributed by atoms with Gasteiger partial charge in [-0.2, -0.15) is 0 Å². The van der Waals surface area contributed by atoms with E-state index in [2.05, 4.69) is 20.9 Å². The van der Waals surface area contributed by atoms with Crippen molar-refractivity contribution in [1.82, 2.24) is 4.98 Å². The number of aromatic amines is 1. The monoisotopic (exact) mass is 285 g/mol. The van der Waals surface area contributed by atoms with Crippen LogP contribution in [0.4, 0.5) is 0 Å². The molecule has 0 amide bonds. The molecule has 0 saturated heterocycles. The first-order valence-corrected chi connectivity index (χ1v) is 6.60. The third-order valence-electron chi connectivity index (χ3n) is 2.11. The number of benzene rings is 1. The highest BCUT2D eigenvalue weighted by Crippen LogP contribution is 2.17. The van der Waals surface area contributed by atoms with Crippen LogP contribution >= 0.6 is 15.9 Å². The molecule has 1 N–H and O–H groups in total. The molecular weight excluding hydrogens is 278 g/mol. The van der Waals surface area contributed by atoms with Crippen LogP contribution in [0.15, 0.2) is 38.6 Å². The summed E-state index contributed by atoms with van der Waals surface area (Å²) in [5, 5.41) is 1.03. The van der Waals surface area contributed by atoms with Crippen molar-refractivity contribution >= 4 is 37.6 Å². The van der Waals surface area contributed by atoms with E-state index >= 15 is 0 Å². The van der Waals surface area contributed by atoms with Gasteiger partial charge in [0.15, 0.2) is 0 Å². The molecule has 0 radical (unpaired) electrons. The Kier molecular flexibility index (Phi) is 2.75. The van der Waals surface area contributed by atoms with Crippen LogP contribution in [-0.4, -0.2) is 15.4 Å². The Morgan fingerprint density at radius 1 is 1.33 bits per heavy atom. The van der Waals surface area contributed by atoms with E-state index in [0.717, 1.165) is 0 Å². The van der Waals surface area contributed by atoms with Crippen LogP contribution in [0.1, 0.15) is 0 Å². The number of rotatable bonds is 1. The maximum Gasteiger partial charge on any atom is 0.204 e. The highest BCUT2D eigenvalue weighted by atomic mass is 79.9. The van der Waals surface area contributed by atoms with Gasteiger partial charge in [-0.15, -0.1) is 0 Å². The number of aromatic nitrogens is 1. The normalized spacial score (nSPS) is 12.9. The van der Waals surface area contributed by atoms with Crippen LogP contribution in [-0.2, 0) is 10.8 Å². The minimum Gasteiger partial charge on any atom is -0.347 e. The van der Waals surface area contributed by atoms with E-state index in [-0.39, 0.29) is 5.43 Å². The number of fused-ring (bicyclic) bond motifs is 1. The number of hydrogen-bond donors (Lipinski definition) is 1. The third kappa shape index (κ3) is 1.77. The lowest BCUT2D eigenvalue weighted by Crippen LogP contribution is -2.09. The van der Waals surface area contributed by atoms with Gasteiger partial charge in [-0.25, -0.2) is 0 Å². The van der Waals surface area contributed by atoms with Crippen LogP contribution < -0.4 is 5.43 Å². The molecule has 1 unspecified atom stereocenters. The standard InChI is InChI=1S/C10H8BrNO2S/c1-15(14)10-8(11)9(13)6-4-2-3-5-7(6)12-10/h2-5H,1H3,(H,12,13). The van der Waals surface area contributed by atoms with Gasteiger partial charge in [-0.05, 0) is 28.1 Å². The number of pyridine rings is 1. The predicted octanol–water partition coefficient (Wildman–Crippen LogP) is 2.03. The second kappa shape index (κ2) is 3.90. The number of para-hydroxylation sites is 1. The summed E-state index contributed by atoms with van der Waals surface area (Å²) >= 11 is 3.17. The largest absolute Gasteiger partial charge is 0.347 e. The van der Waals surface area contributed by atoms with E-state index in [1.54, 1.807) is 18.2 Å². The quantitative estimate of drug-likeness (QED) is 0.872. The van der Waals surface area contributed by atoms with E-state index in [1.807, 2.05) is 6.07 Å². The van der Waals surface area contributed by atoms with Gasteiger partial charge >= 0.3 is 0 Å². The zero-order valence-corrected chi connectivity index (χ0v) is 10.3. The highest BCUT2D eigenvalue weighted by molar-refractivity contribution is 9.10. The van der Waals surface area contributed by atoms with E-state index in [0.29, 0.717) is 20.4 Å². The van der Waals surface area contributed by atoms with E-state index in [9.17, 15) is 9.00 Å². The molecule has 1 atom stereocenters. The van der Waals surface area contributed by atoms with Gasteiger partial charge in [-0.1, -0.05) is 12.1 Å². The summed E-state index contributed by atoms with van der Waals surface area (Å²) < 4.78 is 11.7. The van der Waals surface area contributed by atoms with Crippen molar-refractivity contribution in [2.75, 3.05) is 6.26 Å². The van der Waals surface area contributed by atoms with Crippen molar-refractivity contribution in [2.24, 2.45) is 0 Å². The summed E-state index contributed by atoms with van der Waals surface area (Å²) in [5.74, 6) is 0. The second-order valence-corrected chi connectivity index (χ2v) is 5.21. The number of H-pyrrole nitrogens is 1.